The van der Waals surface area contributed by atoms with E-state index < -0.39 is 0 Å². The summed E-state index contributed by atoms with van der Waals surface area (Å²) in [6, 6.07) is 7.71. The quantitative estimate of drug-likeness (QED) is 0.805. The summed E-state index contributed by atoms with van der Waals surface area (Å²) in [5.74, 6) is 0.232. The number of halogens is 1. The zero-order chi connectivity index (χ0) is 12.5. The lowest BCUT2D eigenvalue weighted by Crippen LogP contribution is -2.39. The predicted octanol–water partition coefficient (Wildman–Crippen LogP) is 3.24. The molecule has 1 aromatic rings. The molecular formula is C14H18ClNO. The van der Waals surface area contributed by atoms with Crippen LogP contribution in [-0.2, 0) is 10.2 Å². The minimum absolute atomic E-state index is 0.232. The Morgan fingerprint density at radius 1 is 1.29 bits per heavy atom. The SMILES string of the molecule is CCN(CC)C(=O)C1(c2ccccc2Cl)CC1. The molecule has 0 spiro atoms. The first-order valence-corrected chi connectivity index (χ1v) is 6.58. The van der Waals surface area contributed by atoms with Crippen molar-refractivity contribution in [1.29, 1.82) is 0 Å². The highest BCUT2D eigenvalue weighted by Crippen LogP contribution is 2.51. The maximum atomic E-state index is 12.5. The second-order valence-corrected chi connectivity index (χ2v) is 4.95. The number of carbonyl (C=O) groups is 1. The van der Waals surface area contributed by atoms with E-state index in [2.05, 4.69) is 0 Å². The normalized spacial score (nSPS) is 16.6. The van der Waals surface area contributed by atoms with E-state index in [1.165, 1.54) is 0 Å². The van der Waals surface area contributed by atoms with Crippen molar-refractivity contribution in [3.8, 4) is 0 Å². The maximum Gasteiger partial charge on any atom is 0.233 e. The fourth-order valence-electron chi connectivity index (χ4n) is 2.39. The van der Waals surface area contributed by atoms with Crippen LogP contribution in [-0.4, -0.2) is 23.9 Å². The maximum absolute atomic E-state index is 12.5. The van der Waals surface area contributed by atoms with Crippen molar-refractivity contribution in [3.05, 3.63) is 34.9 Å². The predicted molar refractivity (Wildman–Crippen MR) is 70.3 cm³/mol. The van der Waals surface area contributed by atoms with E-state index in [1.807, 2.05) is 43.0 Å². The van der Waals surface area contributed by atoms with E-state index in [1.54, 1.807) is 0 Å². The molecule has 1 fully saturated rings. The Bertz CT molecular complexity index is 422. The highest BCUT2D eigenvalue weighted by Gasteiger charge is 2.53. The standard InChI is InChI=1S/C14H18ClNO/c1-3-16(4-2)13(17)14(9-10-14)11-7-5-6-8-12(11)15/h5-8H,3-4,9-10H2,1-2H3. The van der Waals surface area contributed by atoms with Crippen LogP contribution in [0.1, 0.15) is 32.3 Å². The number of nitrogens with zero attached hydrogens (tertiary/aromatic N) is 1. The van der Waals surface area contributed by atoms with Gasteiger partial charge in [0.25, 0.3) is 0 Å². The summed E-state index contributed by atoms with van der Waals surface area (Å²) in [5, 5.41) is 0.713. The Labute approximate surface area is 108 Å². The first-order valence-electron chi connectivity index (χ1n) is 6.20. The molecule has 1 saturated carbocycles. The molecule has 1 aromatic carbocycles. The van der Waals surface area contributed by atoms with E-state index >= 15 is 0 Å². The largest absolute Gasteiger partial charge is 0.342 e. The van der Waals surface area contributed by atoms with Gasteiger partial charge in [0.1, 0.15) is 0 Å². The lowest BCUT2D eigenvalue weighted by molar-refractivity contribution is -0.133. The summed E-state index contributed by atoms with van der Waals surface area (Å²) in [6.45, 7) is 5.57. The molecule has 0 aromatic heterocycles. The van der Waals surface area contributed by atoms with E-state index in [9.17, 15) is 4.79 Å². The lowest BCUT2D eigenvalue weighted by Gasteiger charge is -2.25. The summed E-state index contributed by atoms with van der Waals surface area (Å²) in [4.78, 5) is 14.4. The number of amides is 1. The zero-order valence-corrected chi connectivity index (χ0v) is 11.1. The average molecular weight is 252 g/mol. The molecule has 0 unspecified atom stereocenters. The van der Waals surface area contributed by atoms with Crippen molar-refractivity contribution >= 4 is 17.5 Å². The Morgan fingerprint density at radius 3 is 2.35 bits per heavy atom. The molecule has 17 heavy (non-hydrogen) atoms. The second-order valence-electron chi connectivity index (χ2n) is 4.54. The molecule has 1 aliphatic rings. The van der Waals surface area contributed by atoms with Gasteiger partial charge in [-0.3, -0.25) is 4.79 Å². The van der Waals surface area contributed by atoms with Crippen molar-refractivity contribution in [2.24, 2.45) is 0 Å². The second kappa shape index (κ2) is 4.69. The van der Waals surface area contributed by atoms with Gasteiger partial charge in [-0.25, -0.2) is 0 Å². The molecule has 0 saturated heterocycles. The molecule has 1 amide bonds. The molecule has 3 heteroatoms. The van der Waals surface area contributed by atoms with Gasteiger partial charge in [-0.05, 0) is 38.3 Å². The van der Waals surface area contributed by atoms with Crippen molar-refractivity contribution in [2.45, 2.75) is 32.1 Å². The molecular weight excluding hydrogens is 234 g/mol. The summed E-state index contributed by atoms with van der Waals surface area (Å²) in [6.07, 6.45) is 1.85. The molecule has 0 heterocycles. The van der Waals surface area contributed by atoms with Gasteiger partial charge in [0.2, 0.25) is 5.91 Å². The van der Waals surface area contributed by atoms with Crippen LogP contribution in [0.2, 0.25) is 5.02 Å². The van der Waals surface area contributed by atoms with Crippen LogP contribution in [0.3, 0.4) is 0 Å². The Hall–Kier alpha value is -1.02. The summed E-state index contributed by atoms with van der Waals surface area (Å²) >= 11 is 6.21. The zero-order valence-electron chi connectivity index (χ0n) is 10.4. The molecule has 0 N–H and O–H groups in total. The van der Waals surface area contributed by atoms with Crippen molar-refractivity contribution in [1.82, 2.24) is 4.90 Å². The van der Waals surface area contributed by atoms with Gasteiger partial charge in [-0.1, -0.05) is 29.8 Å². The van der Waals surface area contributed by atoms with Gasteiger partial charge in [-0.2, -0.15) is 0 Å². The number of likely N-dealkylation sites (N-methyl/N-ethyl adjacent to an activating group) is 1. The third-order valence-corrected chi connectivity index (χ3v) is 3.93. The number of rotatable bonds is 4. The van der Waals surface area contributed by atoms with Crippen molar-refractivity contribution in [2.75, 3.05) is 13.1 Å². The van der Waals surface area contributed by atoms with Gasteiger partial charge in [0.15, 0.2) is 0 Å². The molecule has 1 aliphatic carbocycles. The molecule has 0 radical (unpaired) electrons. The Balaban J connectivity index is 2.32. The first kappa shape index (κ1) is 12.4. The third kappa shape index (κ3) is 2.06. The third-order valence-electron chi connectivity index (χ3n) is 3.60. The van der Waals surface area contributed by atoms with E-state index in [-0.39, 0.29) is 11.3 Å². The fraction of sp³-hybridized carbons (Fsp3) is 0.500. The monoisotopic (exact) mass is 251 g/mol. The average Bonchev–Trinajstić information content (AvgIpc) is 3.12. The van der Waals surface area contributed by atoms with Crippen LogP contribution in [0, 0.1) is 0 Å². The van der Waals surface area contributed by atoms with Crippen LogP contribution in [0.4, 0.5) is 0 Å². The number of hydrogen-bond acceptors (Lipinski definition) is 1. The van der Waals surface area contributed by atoms with Crippen LogP contribution < -0.4 is 0 Å². The first-order chi connectivity index (χ1) is 8.15. The summed E-state index contributed by atoms with van der Waals surface area (Å²) in [5.41, 5.74) is 0.670. The van der Waals surface area contributed by atoms with Crippen molar-refractivity contribution < 1.29 is 4.79 Å². The fourth-order valence-corrected chi connectivity index (χ4v) is 2.70. The minimum atomic E-state index is -0.329. The van der Waals surface area contributed by atoms with E-state index in [4.69, 9.17) is 11.6 Å². The van der Waals surface area contributed by atoms with Crippen molar-refractivity contribution in [3.63, 3.8) is 0 Å². The highest BCUT2D eigenvalue weighted by atomic mass is 35.5. The van der Waals surface area contributed by atoms with Crippen LogP contribution >= 0.6 is 11.6 Å². The number of benzene rings is 1. The van der Waals surface area contributed by atoms with Gasteiger partial charge >= 0.3 is 0 Å². The van der Waals surface area contributed by atoms with E-state index in [0.717, 1.165) is 31.5 Å². The lowest BCUT2D eigenvalue weighted by atomic mass is 9.94. The number of hydrogen-bond donors (Lipinski definition) is 0. The molecule has 0 atom stereocenters. The molecule has 2 rings (SSSR count). The van der Waals surface area contributed by atoms with Gasteiger partial charge in [0.05, 0.1) is 5.41 Å². The van der Waals surface area contributed by atoms with E-state index in [0.29, 0.717) is 5.02 Å². The molecule has 0 bridgehead atoms. The Kier molecular flexibility index (Phi) is 3.43. The number of carbonyl (C=O) groups excluding carboxylic acids is 1. The Morgan fingerprint density at radius 2 is 1.88 bits per heavy atom. The van der Waals surface area contributed by atoms with Gasteiger partial charge < -0.3 is 4.90 Å². The topological polar surface area (TPSA) is 20.3 Å². The highest BCUT2D eigenvalue weighted by molar-refractivity contribution is 6.31. The smallest absolute Gasteiger partial charge is 0.233 e. The molecule has 92 valence electrons. The molecule has 0 aliphatic heterocycles. The van der Waals surface area contributed by atoms with Gasteiger partial charge in [0, 0.05) is 18.1 Å². The summed E-state index contributed by atoms with van der Waals surface area (Å²) < 4.78 is 0. The van der Waals surface area contributed by atoms with Crippen LogP contribution in [0.5, 0.6) is 0 Å². The van der Waals surface area contributed by atoms with Crippen LogP contribution in [0.25, 0.3) is 0 Å². The van der Waals surface area contributed by atoms with Gasteiger partial charge in [-0.15, -0.1) is 0 Å². The van der Waals surface area contributed by atoms with Crippen LogP contribution in [0.15, 0.2) is 24.3 Å². The molecule has 2 nitrogen and oxygen atoms in total. The minimum Gasteiger partial charge on any atom is -0.342 e. The summed E-state index contributed by atoms with van der Waals surface area (Å²) in [7, 11) is 0.